The zero-order valence-corrected chi connectivity index (χ0v) is 13.6. The van der Waals surface area contributed by atoms with E-state index < -0.39 is 0 Å². The molecule has 0 atom stereocenters. The van der Waals surface area contributed by atoms with Gasteiger partial charge in [-0.05, 0) is 37.0 Å². The van der Waals surface area contributed by atoms with Crippen molar-refractivity contribution in [2.75, 3.05) is 5.75 Å². The molecule has 0 aliphatic carbocycles. The fourth-order valence-electron chi connectivity index (χ4n) is 1.89. The lowest BCUT2D eigenvalue weighted by molar-refractivity contribution is -0.109. The van der Waals surface area contributed by atoms with Crippen molar-refractivity contribution in [1.29, 1.82) is 0 Å². The maximum absolute atomic E-state index is 10.7. The minimum Gasteiger partial charge on any atom is -0.288 e. The van der Waals surface area contributed by atoms with Gasteiger partial charge in [0, 0.05) is 22.7 Å². The Hall–Kier alpha value is -0.180. The molecule has 0 amide bonds. The molecule has 1 nitrogen and oxygen atoms in total. The van der Waals surface area contributed by atoms with E-state index in [4.69, 9.17) is 23.2 Å². The monoisotopic (exact) mass is 318 g/mol. The zero-order valence-electron chi connectivity index (χ0n) is 11.3. The van der Waals surface area contributed by atoms with Crippen LogP contribution < -0.4 is 0 Å². The van der Waals surface area contributed by atoms with Crippen molar-refractivity contribution in [2.45, 2.75) is 45.4 Å². The normalized spacial score (nSPS) is 10.7. The second-order valence-electron chi connectivity index (χ2n) is 4.59. The van der Waals surface area contributed by atoms with E-state index in [1.54, 1.807) is 13.0 Å². The predicted molar refractivity (Wildman–Crippen MR) is 86.4 cm³/mol. The molecule has 0 heterocycles. The van der Waals surface area contributed by atoms with Crippen LogP contribution in [-0.2, 0) is 11.2 Å². The molecule has 0 fully saturated rings. The second-order valence-corrected chi connectivity index (χ2v) is 6.71. The summed E-state index contributed by atoms with van der Waals surface area (Å²) in [6, 6.07) is 5.70. The highest BCUT2D eigenvalue weighted by Crippen LogP contribution is 2.22. The van der Waals surface area contributed by atoms with Crippen LogP contribution in [0.1, 0.15) is 44.6 Å². The molecular formula is C15H20Cl2OS. The molecule has 0 saturated carbocycles. The van der Waals surface area contributed by atoms with Crippen LogP contribution in [0.5, 0.6) is 0 Å². The number of halogens is 2. The SMILES string of the molecule is CC(=O)SCCCCCCCc1ccc(Cl)cc1Cl. The average molecular weight is 319 g/mol. The third-order valence-electron chi connectivity index (χ3n) is 2.91. The van der Waals surface area contributed by atoms with E-state index in [2.05, 4.69) is 0 Å². The van der Waals surface area contributed by atoms with Gasteiger partial charge in [0.2, 0.25) is 0 Å². The van der Waals surface area contributed by atoms with Crippen LogP contribution in [0, 0.1) is 0 Å². The number of hydrogen-bond acceptors (Lipinski definition) is 2. The van der Waals surface area contributed by atoms with Crippen LogP contribution in [0.3, 0.4) is 0 Å². The standard InChI is InChI=1S/C15H20Cl2OS/c1-12(18)19-10-6-4-2-3-5-7-13-8-9-14(16)11-15(13)17/h8-9,11H,2-7,10H2,1H3. The van der Waals surface area contributed by atoms with Crippen LogP contribution in [0.2, 0.25) is 10.0 Å². The molecule has 4 heteroatoms. The van der Waals surface area contributed by atoms with Crippen molar-refractivity contribution < 1.29 is 4.79 Å². The van der Waals surface area contributed by atoms with Gasteiger partial charge in [0.05, 0.1) is 0 Å². The summed E-state index contributed by atoms with van der Waals surface area (Å²) < 4.78 is 0. The Morgan fingerprint density at radius 3 is 2.47 bits per heavy atom. The summed E-state index contributed by atoms with van der Waals surface area (Å²) in [6.45, 7) is 1.63. The van der Waals surface area contributed by atoms with Gasteiger partial charge in [-0.25, -0.2) is 0 Å². The third-order valence-corrected chi connectivity index (χ3v) is 4.40. The summed E-state index contributed by atoms with van der Waals surface area (Å²) in [5, 5.41) is 1.68. The van der Waals surface area contributed by atoms with E-state index in [9.17, 15) is 4.79 Å². The molecule has 1 aromatic carbocycles. The van der Waals surface area contributed by atoms with Crippen LogP contribution in [0.15, 0.2) is 18.2 Å². The van der Waals surface area contributed by atoms with Crippen LogP contribution in [0.25, 0.3) is 0 Å². The van der Waals surface area contributed by atoms with Gasteiger partial charge in [0.25, 0.3) is 0 Å². The van der Waals surface area contributed by atoms with Gasteiger partial charge >= 0.3 is 0 Å². The molecule has 0 saturated heterocycles. The number of carbonyl (C=O) groups excluding carboxylic acids is 1. The number of carbonyl (C=O) groups is 1. The first-order chi connectivity index (χ1) is 9.09. The first kappa shape index (κ1) is 16.9. The molecule has 0 spiro atoms. The van der Waals surface area contributed by atoms with Gasteiger partial charge in [0.1, 0.15) is 0 Å². The minimum atomic E-state index is 0.220. The summed E-state index contributed by atoms with van der Waals surface area (Å²) in [6.07, 6.45) is 6.94. The molecule has 1 aromatic rings. The first-order valence-electron chi connectivity index (χ1n) is 6.67. The number of rotatable bonds is 8. The predicted octanol–water partition coefficient (Wildman–Crippen LogP) is 5.77. The highest BCUT2D eigenvalue weighted by atomic mass is 35.5. The summed E-state index contributed by atoms with van der Waals surface area (Å²) in [7, 11) is 0. The number of benzene rings is 1. The molecule has 0 aliphatic heterocycles. The van der Waals surface area contributed by atoms with E-state index in [1.807, 2.05) is 12.1 Å². The smallest absolute Gasteiger partial charge is 0.185 e. The van der Waals surface area contributed by atoms with Crippen molar-refractivity contribution in [3.05, 3.63) is 33.8 Å². The molecule has 0 bridgehead atoms. The Labute approximate surface area is 130 Å². The number of unbranched alkanes of at least 4 members (excludes halogenated alkanes) is 4. The van der Waals surface area contributed by atoms with Gasteiger partial charge in [-0.1, -0.05) is 60.3 Å². The molecular weight excluding hydrogens is 299 g/mol. The molecule has 1 rings (SSSR count). The van der Waals surface area contributed by atoms with Gasteiger partial charge in [-0.15, -0.1) is 0 Å². The second kappa shape index (κ2) is 9.68. The fraction of sp³-hybridized carbons (Fsp3) is 0.533. The highest BCUT2D eigenvalue weighted by molar-refractivity contribution is 8.13. The number of thioether (sulfide) groups is 1. The molecule has 0 unspecified atom stereocenters. The zero-order chi connectivity index (χ0) is 14.1. The van der Waals surface area contributed by atoms with Crippen molar-refractivity contribution in [1.82, 2.24) is 0 Å². The van der Waals surface area contributed by atoms with Crippen molar-refractivity contribution in [3.63, 3.8) is 0 Å². The Kier molecular flexibility index (Phi) is 8.60. The topological polar surface area (TPSA) is 17.1 Å². The average Bonchev–Trinajstić information content (AvgIpc) is 2.34. The third kappa shape index (κ3) is 7.86. The van der Waals surface area contributed by atoms with Gasteiger partial charge in [-0.3, -0.25) is 4.79 Å². The summed E-state index contributed by atoms with van der Waals surface area (Å²) in [5.74, 6) is 0.957. The van der Waals surface area contributed by atoms with E-state index >= 15 is 0 Å². The number of aryl methyl sites for hydroxylation is 1. The Balaban J connectivity index is 2.06. The van der Waals surface area contributed by atoms with Crippen LogP contribution in [-0.4, -0.2) is 10.9 Å². The first-order valence-corrected chi connectivity index (χ1v) is 8.41. The van der Waals surface area contributed by atoms with E-state index in [0.717, 1.165) is 30.0 Å². The lowest BCUT2D eigenvalue weighted by Crippen LogP contribution is -1.89. The molecule has 106 valence electrons. The van der Waals surface area contributed by atoms with Crippen molar-refractivity contribution >= 4 is 40.1 Å². The maximum atomic E-state index is 10.7. The lowest BCUT2D eigenvalue weighted by Gasteiger charge is -2.05. The van der Waals surface area contributed by atoms with Crippen LogP contribution >= 0.6 is 35.0 Å². The Morgan fingerprint density at radius 2 is 1.79 bits per heavy atom. The Morgan fingerprint density at radius 1 is 1.11 bits per heavy atom. The quantitative estimate of drug-likeness (QED) is 0.566. The van der Waals surface area contributed by atoms with E-state index in [-0.39, 0.29) is 5.12 Å². The Bertz CT molecular complexity index is 407. The summed E-state index contributed by atoms with van der Waals surface area (Å²) in [4.78, 5) is 10.7. The van der Waals surface area contributed by atoms with E-state index in [0.29, 0.717) is 5.02 Å². The molecule has 0 N–H and O–H groups in total. The number of hydrogen-bond donors (Lipinski definition) is 0. The summed E-state index contributed by atoms with van der Waals surface area (Å²) >= 11 is 13.4. The molecule has 0 aliphatic rings. The van der Waals surface area contributed by atoms with Crippen molar-refractivity contribution in [3.8, 4) is 0 Å². The van der Waals surface area contributed by atoms with Gasteiger partial charge < -0.3 is 0 Å². The van der Waals surface area contributed by atoms with Crippen LogP contribution in [0.4, 0.5) is 0 Å². The molecule has 0 radical (unpaired) electrons. The minimum absolute atomic E-state index is 0.220. The maximum Gasteiger partial charge on any atom is 0.185 e. The van der Waals surface area contributed by atoms with Gasteiger partial charge in [0.15, 0.2) is 5.12 Å². The lowest BCUT2D eigenvalue weighted by atomic mass is 10.1. The summed E-state index contributed by atoms with van der Waals surface area (Å²) in [5.41, 5.74) is 1.18. The largest absolute Gasteiger partial charge is 0.288 e. The highest BCUT2D eigenvalue weighted by Gasteiger charge is 2.01. The van der Waals surface area contributed by atoms with Crippen molar-refractivity contribution in [2.24, 2.45) is 0 Å². The molecule has 0 aromatic heterocycles. The van der Waals surface area contributed by atoms with E-state index in [1.165, 1.54) is 36.6 Å². The molecule has 19 heavy (non-hydrogen) atoms. The fourth-order valence-corrected chi connectivity index (χ4v) is 3.03. The van der Waals surface area contributed by atoms with Gasteiger partial charge in [-0.2, -0.15) is 0 Å².